The summed E-state index contributed by atoms with van der Waals surface area (Å²) >= 11 is 0. The summed E-state index contributed by atoms with van der Waals surface area (Å²) in [6.45, 7) is 12.9. The molecule has 2 aromatic rings. The minimum atomic E-state index is 0.387. The molecule has 1 N–H and O–H groups in total. The second-order valence-corrected chi connectivity index (χ2v) is 6.40. The number of hydrogen-bond acceptors (Lipinski definition) is 2. The third-order valence-corrected chi connectivity index (χ3v) is 4.89. The fourth-order valence-corrected chi connectivity index (χ4v) is 3.65. The van der Waals surface area contributed by atoms with Crippen molar-refractivity contribution in [3.05, 3.63) is 54.4 Å². The first-order valence-corrected chi connectivity index (χ1v) is 8.53. The maximum Gasteiger partial charge on any atom is 0.0460 e. The van der Waals surface area contributed by atoms with Gasteiger partial charge in [-0.05, 0) is 44.2 Å². The predicted octanol–water partition coefficient (Wildman–Crippen LogP) is 3.97. The van der Waals surface area contributed by atoms with Crippen LogP contribution in [0, 0.1) is 5.92 Å². The van der Waals surface area contributed by atoms with Crippen molar-refractivity contribution in [2.24, 2.45) is 5.92 Å². The lowest BCUT2D eigenvalue weighted by Crippen LogP contribution is -2.36. The molecule has 0 amide bonds. The predicted molar refractivity (Wildman–Crippen MR) is 99.3 cm³/mol. The highest BCUT2D eigenvalue weighted by molar-refractivity contribution is 5.92. The number of likely N-dealkylation sites (N-methyl/N-ethyl adjacent to an activating group) is 1. The van der Waals surface area contributed by atoms with Crippen LogP contribution < -0.4 is 0 Å². The van der Waals surface area contributed by atoms with E-state index in [0.29, 0.717) is 5.92 Å². The Kier molecular flexibility index (Phi) is 4.58. The maximum atomic E-state index is 4.38. The van der Waals surface area contributed by atoms with Crippen LogP contribution in [-0.2, 0) is 0 Å². The van der Waals surface area contributed by atoms with Crippen molar-refractivity contribution < 1.29 is 0 Å². The van der Waals surface area contributed by atoms with E-state index in [1.165, 1.54) is 27.7 Å². The van der Waals surface area contributed by atoms with Gasteiger partial charge in [0.15, 0.2) is 0 Å². The molecule has 1 aromatic carbocycles. The highest BCUT2D eigenvalue weighted by Crippen LogP contribution is 2.31. The molecule has 1 atom stereocenters. The van der Waals surface area contributed by atoms with Gasteiger partial charge in [0.25, 0.3) is 0 Å². The number of hydrogen-bond donors (Lipinski definition) is 1. The van der Waals surface area contributed by atoms with Gasteiger partial charge in [-0.3, -0.25) is 0 Å². The molecule has 1 aromatic heterocycles. The van der Waals surface area contributed by atoms with Gasteiger partial charge in [0, 0.05) is 54.9 Å². The van der Waals surface area contributed by atoms with Crippen LogP contribution in [0.5, 0.6) is 0 Å². The molecule has 3 rings (SSSR count). The molecule has 122 valence electrons. The summed E-state index contributed by atoms with van der Waals surface area (Å²) in [5.74, 6) is 0.387. The van der Waals surface area contributed by atoms with Gasteiger partial charge < -0.3 is 14.8 Å². The summed E-state index contributed by atoms with van der Waals surface area (Å²) in [4.78, 5) is 8.09. The van der Waals surface area contributed by atoms with Gasteiger partial charge in [0.1, 0.15) is 0 Å². The lowest BCUT2D eigenvalue weighted by molar-refractivity contribution is 0.285. The molecule has 0 aliphatic carbocycles. The van der Waals surface area contributed by atoms with Gasteiger partial charge in [-0.15, -0.1) is 0 Å². The first-order chi connectivity index (χ1) is 11.1. The van der Waals surface area contributed by atoms with E-state index >= 15 is 0 Å². The van der Waals surface area contributed by atoms with Gasteiger partial charge >= 0.3 is 0 Å². The van der Waals surface area contributed by atoms with Crippen LogP contribution in [0.25, 0.3) is 16.5 Å². The highest BCUT2D eigenvalue weighted by Gasteiger charge is 2.23. The number of aromatic amines is 1. The van der Waals surface area contributed by atoms with Crippen LogP contribution in [0.1, 0.15) is 19.4 Å². The first-order valence-electron chi connectivity index (χ1n) is 8.53. The molecule has 0 saturated carbocycles. The van der Waals surface area contributed by atoms with Crippen LogP contribution in [0.3, 0.4) is 0 Å². The van der Waals surface area contributed by atoms with E-state index in [4.69, 9.17) is 0 Å². The van der Waals surface area contributed by atoms with Gasteiger partial charge in [0.05, 0.1) is 0 Å². The Morgan fingerprint density at radius 3 is 2.83 bits per heavy atom. The molecule has 1 unspecified atom stereocenters. The zero-order chi connectivity index (χ0) is 16.4. The summed E-state index contributed by atoms with van der Waals surface area (Å²) in [6.07, 6.45) is 4.45. The highest BCUT2D eigenvalue weighted by atomic mass is 15.2. The van der Waals surface area contributed by atoms with Crippen molar-refractivity contribution in [1.29, 1.82) is 0 Å². The lowest BCUT2D eigenvalue weighted by atomic mass is 9.91. The molecular formula is C20H27N3. The molecule has 0 fully saturated rings. The second-order valence-electron chi connectivity index (χ2n) is 6.40. The van der Waals surface area contributed by atoms with E-state index in [9.17, 15) is 0 Å². The Balaban J connectivity index is 1.98. The van der Waals surface area contributed by atoms with Crippen LogP contribution in [0.15, 0.2) is 48.8 Å². The standard InChI is InChI=1S/C20H27N3/c1-5-23(6-2)15(3)16-12-17(14-22(4)13-16)18-8-7-9-20-19(18)10-11-21-20/h7-12,16,21H,3,5-6,13-14H2,1-2,4H3. The van der Waals surface area contributed by atoms with E-state index < -0.39 is 0 Å². The third kappa shape index (κ3) is 3.06. The van der Waals surface area contributed by atoms with Crippen LogP contribution >= 0.6 is 0 Å². The molecule has 3 heteroatoms. The van der Waals surface area contributed by atoms with E-state index in [0.717, 1.165) is 26.2 Å². The number of fused-ring (bicyclic) bond motifs is 1. The molecule has 0 bridgehead atoms. The third-order valence-electron chi connectivity index (χ3n) is 4.89. The number of H-pyrrole nitrogens is 1. The van der Waals surface area contributed by atoms with Crippen LogP contribution in [0.2, 0.25) is 0 Å². The lowest BCUT2D eigenvalue weighted by Gasteiger charge is -2.35. The molecule has 2 heterocycles. The zero-order valence-electron chi connectivity index (χ0n) is 14.5. The first kappa shape index (κ1) is 15.9. The molecule has 1 aliphatic rings. The smallest absolute Gasteiger partial charge is 0.0460 e. The number of aromatic nitrogens is 1. The summed E-state index contributed by atoms with van der Waals surface area (Å²) in [6, 6.07) is 8.68. The Labute approximate surface area is 139 Å². The molecule has 1 aliphatic heterocycles. The zero-order valence-corrected chi connectivity index (χ0v) is 14.5. The molecule has 0 spiro atoms. The topological polar surface area (TPSA) is 22.3 Å². The Hall–Kier alpha value is -2.00. The summed E-state index contributed by atoms with van der Waals surface area (Å²) in [5.41, 5.74) is 5.19. The SMILES string of the molecule is C=C(C1C=C(c2cccc3[nH]ccc23)CN(C)C1)N(CC)CC. The molecule has 0 saturated heterocycles. The molecule has 0 radical (unpaired) electrons. The molecule has 3 nitrogen and oxygen atoms in total. The summed E-state index contributed by atoms with van der Waals surface area (Å²) < 4.78 is 0. The summed E-state index contributed by atoms with van der Waals surface area (Å²) in [5, 5.41) is 1.31. The van der Waals surface area contributed by atoms with Gasteiger partial charge in [-0.25, -0.2) is 0 Å². The van der Waals surface area contributed by atoms with Crippen molar-refractivity contribution in [2.75, 3.05) is 33.2 Å². The van der Waals surface area contributed by atoms with Gasteiger partial charge in [0.2, 0.25) is 0 Å². The Bertz CT molecular complexity index is 721. The van der Waals surface area contributed by atoms with Crippen molar-refractivity contribution in [1.82, 2.24) is 14.8 Å². The summed E-state index contributed by atoms with van der Waals surface area (Å²) in [7, 11) is 2.20. The maximum absolute atomic E-state index is 4.38. The van der Waals surface area contributed by atoms with Gasteiger partial charge in [-0.1, -0.05) is 24.8 Å². The number of rotatable bonds is 5. The van der Waals surface area contributed by atoms with E-state index in [1.54, 1.807) is 0 Å². The van der Waals surface area contributed by atoms with E-state index in [1.807, 2.05) is 6.20 Å². The minimum absolute atomic E-state index is 0.387. The van der Waals surface area contributed by atoms with E-state index in [2.05, 4.69) is 72.6 Å². The van der Waals surface area contributed by atoms with Crippen molar-refractivity contribution in [2.45, 2.75) is 13.8 Å². The Morgan fingerprint density at radius 1 is 1.30 bits per heavy atom. The monoisotopic (exact) mass is 309 g/mol. The molecule has 23 heavy (non-hydrogen) atoms. The van der Waals surface area contributed by atoms with E-state index in [-0.39, 0.29) is 0 Å². The number of nitrogens with zero attached hydrogens (tertiary/aromatic N) is 2. The number of benzene rings is 1. The minimum Gasteiger partial charge on any atom is -0.375 e. The van der Waals surface area contributed by atoms with Gasteiger partial charge in [-0.2, -0.15) is 0 Å². The normalized spacial score (nSPS) is 18.9. The number of nitrogens with one attached hydrogen (secondary N) is 1. The Morgan fingerprint density at radius 2 is 2.09 bits per heavy atom. The second kappa shape index (κ2) is 6.63. The fourth-order valence-electron chi connectivity index (χ4n) is 3.65. The van der Waals surface area contributed by atoms with Crippen LogP contribution in [-0.4, -0.2) is 48.0 Å². The molecular weight excluding hydrogens is 282 g/mol. The van der Waals surface area contributed by atoms with Crippen molar-refractivity contribution >= 4 is 16.5 Å². The average Bonchev–Trinajstić information content (AvgIpc) is 3.03. The van der Waals surface area contributed by atoms with Crippen molar-refractivity contribution in [3.8, 4) is 0 Å². The average molecular weight is 309 g/mol. The largest absolute Gasteiger partial charge is 0.375 e. The van der Waals surface area contributed by atoms with Crippen LogP contribution in [0.4, 0.5) is 0 Å². The van der Waals surface area contributed by atoms with Crippen molar-refractivity contribution in [3.63, 3.8) is 0 Å². The fraction of sp³-hybridized carbons (Fsp3) is 0.400. The quantitative estimate of drug-likeness (QED) is 0.903.